The maximum atomic E-state index is 13.2. The summed E-state index contributed by atoms with van der Waals surface area (Å²) >= 11 is 5.72. The molecular formula is C11H12ClF. The van der Waals surface area contributed by atoms with Gasteiger partial charge in [-0.3, -0.25) is 0 Å². The number of rotatable bonds is 3. The van der Waals surface area contributed by atoms with E-state index < -0.39 is 5.38 Å². The van der Waals surface area contributed by atoms with Crippen LogP contribution in [0, 0.1) is 0 Å². The molecule has 1 aromatic rings. The van der Waals surface area contributed by atoms with Gasteiger partial charge in [0, 0.05) is 0 Å². The molecule has 0 aliphatic heterocycles. The standard InChI is InChI=1S/C11H12ClF/c1-2-10(12)11(13)8-9-6-4-3-5-7-9/h3-8,10H,2H2,1H3/b11-8-. The molecule has 0 saturated carbocycles. The van der Waals surface area contributed by atoms with Gasteiger partial charge in [-0.2, -0.15) is 0 Å². The van der Waals surface area contributed by atoms with Gasteiger partial charge in [0.15, 0.2) is 0 Å². The third-order valence-corrected chi connectivity index (χ3v) is 2.28. The third kappa shape index (κ3) is 3.19. The van der Waals surface area contributed by atoms with E-state index in [0.717, 1.165) is 5.56 Å². The van der Waals surface area contributed by atoms with Crippen molar-refractivity contribution in [1.82, 2.24) is 0 Å². The quantitative estimate of drug-likeness (QED) is 0.644. The van der Waals surface area contributed by atoms with Crippen LogP contribution in [0.1, 0.15) is 18.9 Å². The van der Waals surface area contributed by atoms with Crippen LogP contribution in [0.4, 0.5) is 4.39 Å². The Morgan fingerprint density at radius 3 is 2.62 bits per heavy atom. The highest BCUT2D eigenvalue weighted by molar-refractivity contribution is 6.22. The molecule has 1 unspecified atom stereocenters. The monoisotopic (exact) mass is 198 g/mol. The highest BCUT2D eigenvalue weighted by Crippen LogP contribution is 2.18. The van der Waals surface area contributed by atoms with Crippen molar-refractivity contribution >= 4 is 17.7 Å². The first-order chi connectivity index (χ1) is 6.24. The van der Waals surface area contributed by atoms with Crippen LogP contribution < -0.4 is 0 Å². The van der Waals surface area contributed by atoms with Crippen molar-refractivity contribution in [3.8, 4) is 0 Å². The van der Waals surface area contributed by atoms with Gasteiger partial charge in [-0.15, -0.1) is 11.6 Å². The van der Waals surface area contributed by atoms with Gasteiger partial charge in [-0.25, -0.2) is 4.39 Å². The molecule has 0 spiro atoms. The molecule has 1 aromatic carbocycles. The molecule has 0 amide bonds. The number of hydrogen-bond donors (Lipinski definition) is 0. The van der Waals surface area contributed by atoms with Crippen molar-refractivity contribution < 1.29 is 4.39 Å². The molecule has 0 heterocycles. The number of benzene rings is 1. The third-order valence-electron chi connectivity index (χ3n) is 1.76. The molecule has 1 rings (SSSR count). The van der Waals surface area contributed by atoms with Gasteiger partial charge < -0.3 is 0 Å². The van der Waals surface area contributed by atoms with Crippen molar-refractivity contribution in [3.05, 3.63) is 41.7 Å². The van der Waals surface area contributed by atoms with Gasteiger partial charge in [-0.1, -0.05) is 37.3 Å². The van der Waals surface area contributed by atoms with Crippen LogP contribution in [0.3, 0.4) is 0 Å². The van der Waals surface area contributed by atoms with E-state index >= 15 is 0 Å². The number of halogens is 2. The van der Waals surface area contributed by atoms with E-state index in [1.807, 2.05) is 37.3 Å². The largest absolute Gasteiger partial charge is 0.210 e. The SMILES string of the molecule is CCC(Cl)/C(F)=C/c1ccccc1. The molecule has 0 N–H and O–H groups in total. The molecule has 0 aliphatic rings. The molecule has 0 radical (unpaired) electrons. The zero-order chi connectivity index (χ0) is 9.68. The Hall–Kier alpha value is -0.820. The van der Waals surface area contributed by atoms with Crippen molar-refractivity contribution in [2.45, 2.75) is 18.7 Å². The molecule has 0 fully saturated rings. The maximum Gasteiger partial charge on any atom is 0.118 e. The van der Waals surface area contributed by atoms with Gasteiger partial charge in [0.25, 0.3) is 0 Å². The van der Waals surface area contributed by atoms with E-state index in [0.29, 0.717) is 6.42 Å². The minimum atomic E-state index is -0.500. The van der Waals surface area contributed by atoms with Gasteiger partial charge >= 0.3 is 0 Å². The predicted octanol–water partition coefficient (Wildman–Crippen LogP) is 4.01. The van der Waals surface area contributed by atoms with Crippen LogP contribution in [0.15, 0.2) is 36.2 Å². The molecule has 0 aromatic heterocycles. The normalized spacial score (nSPS) is 14.2. The summed E-state index contributed by atoms with van der Waals surface area (Å²) in [6, 6.07) is 9.33. The predicted molar refractivity (Wildman–Crippen MR) is 55.5 cm³/mol. The molecule has 0 aliphatic carbocycles. The van der Waals surface area contributed by atoms with Crippen LogP contribution in [0.25, 0.3) is 6.08 Å². The molecule has 13 heavy (non-hydrogen) atoms. The first-order valence-electron chi connectivity index (χ1n) is 4.30. The van der Waals surface area contributed by atoms with E-state index in [1.165, 1.54) is 6.08 Å². The smallest absolute Gasteiger partial charge is 0.118 e. The zero-order valence-corrected chi connectivity index (χ0v) is 8.26. The summed E-state index contributed by atoms with van der Waals surface area (Å²) in [7, 11) is 0. The number of hydrogen-bond acceptors (Lipinski definition) is 0. The van der Waals surface area contributed by atoms with E-state index in [9.17, 15) is 4.39 Å². The Kier molecular flexibility index (Phi) is 3.97. The summed E-state index contributed by atoms with van der Waals surface area (Å²) in [6.07, 6.45) is 2.08. The van der Waals surface area contributed by atoms with Crippen LogP contribution in [0.5, 0.6) is 0 Å². The Morgan fingerprint density at radius 1 is 1.46 bits per heavy atom. The minimum Gasteiger partial charge on any atom is -0.210 e. The van der Waals surface area contributed by atoms with E-state index in [1.54, 1.807) is 0 Å². The lowest BCUT2D eigenvalue weighted by Gasteiger charge is -2.02. The fourth-order valence-corrected chi connectivity index (χ4v) is 1.06. The Bertz CT molecular complexity index is 279. The summed E-state index contributed by atoms with van der Waals surface area (Å²) < 4.78 is 13.2. The molecule has 0 saturated heterocycles. The van der Waals surface area contributed by atoms with Gasteiger partial charge in [-0.05, 0) is 18.1 Å². The first-order valence-corrected chi connectivity index (χ1v) is 4.74. The number of allylic oxidation sites excluding steroid dienone is 1. The van der Waals surface area contributed by atoms with Crippen molar-refractivity contribution in [1.29, 1.82) is 0 Å². The molecule has 2 heteroatoms. The fraction of sp³-hybridized carbons (Fsp3) is 0.273. The number of alkyl halides is 1. The van der Waals surface area contributed by atoms with Crippen molar-refractivity contribution in [2.24, 2.45) is 0 Å². The fourth-order valence-electron chi connectivity index (χ4n) is 0.994. The van der Waals surface area contributed by atoms with E-state index in [-0.39, 0.29) is 5.83 Å². The Morgan fingerprint density at radius 2 is 2.08 bits per heavy atom. The first kappa shape index (κ1) is 10.3. The highest BCUT2D eigenvalue weighted by atomic mass is 35.5. The topological polar surface area (TPSA) is 0 Å². The average molecular weight is 199 g/mol. The Labute approximate surface area is 83.0 Å². The summed E-state index contributed by atoms with van der Waals surface area (Å²) in [5.41, 5.74) is 0.846. The van der Waals surface area contributed by atoms with Crippen LogP contribution in [0.2, 0.25) is 0 Å². The summed E-state index contributed by atoms with van der Waals surface area (Å²) in [5.74, 6) is -0.268. The molecule has 0 nitrogen and oxygen atoms in total. The molecule has 70 valence electrons. The summed E-state index contributed by atoms with van der Waals surface area (Å²) in [6.45, 7) is 1.86. The second kappa shape index (κ2) is 5.03. The van der Waals surface area contributed by atoms with Gasteiger partial charge in [0.05, 0.1) is 5.38 Å². The second-order valence-corrected chi connectivity index (χ2v) is 3.34. The van der Waals surface area contributed by atoms with Gasteiger partial charge in [0.2, 0.25) is 0 Å². The van der Waals surface area contributed by atoms with Crippen molar-refractivity contribution in [3.63, 3.8) is 0 Å². The van der Waals surface area contributed by atoms with Crippen LogP contribution in [-0.4, -0.2) is 5.38 Å². The molecule has 0 bridgehead atoms. The molecular weight excluding hydrogens is 187 g/mol. The average Bonchev–Trinajstić information content (AvgIpc) is 2.18. The lowest BCUT2D eigenvalue weighted by Crippen LogP contribution is -1.95. The summed E-state index contributed by atoms with van der Waals surface area (Å²) in [5, 5.41) is -0.500. The second-order valence-electron chi connectivity index (χ2n) is 2.82. The highest BCUT2D eigenvalue weighted by Gasteiger charge is 2.06. The Balaban J connectivity index is 2.77. The molecule has 1 atom stereocenters. The van der Waals surface area contributed by atoms with Gasteiger partial charge in [0.1, 0.15) is 5.83 Å². The minimum absolute atomic E-state index is 0.268. The lowest BCUT2D eigenvalue weighted by atomic mass is 10.2. The maximum absolute atomic E-state index is 13.2. The summed E-state index contributed by atoms with van der Waals surface area (Å²) in [4.78, 5) is 0. The van der Waals surface area contributed by atoms with Crippen LogP contribution in [-0.2, 0) is 0 Å². The van der Waals surface area contributed by atoms with Crippen LogP contribution >= 0.6 is 11.6 Å². The zero-order valence-electron chi connectivity index (χ0n) is 7.50. The lowest BCUT2D eigenvalue weighted by molar-refractivity contribution is 0.595. The van der Waals surface area contributed by atoms with Crippen molar-refractivity contribution in [2.75, 3.05) is 0 Å². The van der Waals surface area contributed by atoms with E-state index in [4.69, 9.17) is 11.6 Å². The van der Waals surface area contributed by atoms with E-state index in [2.05, 4.69) is 0 Å².